The zero-order valence-electron chi connectivity index (χ0n) is 16.1. The lowest BCUT2D eigenvalue weighted by molar-refractivity contribution is 0.599. The van der Waals surface area contributed by atoms with Crippen LogP contribution in [0.5, 0.6) is 0 Å². The molecule has 0 aliphatic heterocycles. The van der Waals surface area contributed by atoms with Gasteiger partial charge in [-0.1, -0.05) is 11.6 Å². The van der Waals surface area contributed by atoms with Crippen LogP contribution in [0.3, 0.4) is 0 Å². The molecule has 2 heterocycles. The van der Waals surface area contributed by atoms with Crippen LogP contribution in [-0.4, -0.2) is 28.2 Å². The fourth-order valence-electron chi connectivity index (χ4n) is 2.77. The molecule has 0 fully saturated rings. The van der Waals surface area contributed by atoms with Crippen molar-refractivity contribution in [3.05, 3.63) is 83.7 Å². The van der Waals surface area contributed by atoms with Crippen molar-refractivity contribution in [2.24, 2.45) is 0 Å². The van der Waals surface area contributed by atoms with Gasteiger partial charge >= 0.3 is 0 Å². The van der Waals surface area contributed by atoms with Crippen LogP contribution in [-0.2, 0) is 10.0 Å². The summed E-state index contributed by atoms with van der Waals surface area (Å²) in [6.07, 6.45) is 3.44. The molecule has 8 nitrogen and oxygen atoms in total. The molecule has 158 valence electrons. The van der Waals surface area contributed by atoms with E-state index in [2.05, 4.69) is 25.1 Å². The lowest BCUT2D eigenvalue weighted by atomic mass is 10.3. The van der Waals surface area contributed by atoms with Gasteiger partial charge in [0.2, 0.25) is 0 Å². The Bertz CT molecular complexity index is 1330. The number of anilines is 3. The Kier molecular flexibility index (Phi) is 5.57. The summed E-state index contributed by atoms with van der Waals surface area (Å²) in [5.41, 5.74) is 1.03. The van der Waals surface area contributed by atoms with Crippen molar-refractivity contribution >= 4 is 38.8 Å². The lowest BCUT2D eigenvalue weighted by Gasteiger charge is -2.11. The van der Waals surface area contributed by atoms with Gasteiger partial charge in [-0.15, -0.1) is 0 Å². The van der Waals surface area contributed by atoms with Crippen molar-refractivity contribution in [2.45, 2.75) is 11.8 Å². The summed E-state index contributed by atoms with van der Waals surface area (Å²) in [4.78, 5) is 8.57. The summed E-state index contributed by atoms with van der Waals surface area (Å²) in [5.74, 6) is 1.05. The van der Waals surface area contributed by atoms with Gasteiger partial charge in [0.1, 0.15) is 17.5 Å². The topological polar surface area (TPSA) is 102 Å². The van der Waals surface area contributed by atoms with Gasteiger partial charge in [-0.25, -0.2) is 27.5 Å². The molecule has 0 amide bonds. The van der Waals surface area contributed by atoms with Crippen LogP contribution >= 0.6 is 11.6 Å². The quantitative estimate of drug-likeness (QED) is 0.446. The first kappa shape index (κ1) is 20.8. The van der Waals surface area contributed by atoms with Gasteiger partial charge in [-0.05, 0) is 55.5 Å². The van der Waals surface area contributed by atoms with Crippen LogP contribution in [0.15, 0.2) is 71.9 Å². The molecule has 31 heavy (non-hydrogen) atoms. The predicted octanol–water partition coefficient (Wildman–Crippen LogP) is 4.31. The number of nitrogens with one attached hydrogen (secondary N) is 2. The van der Waals surface area contributed by atoms with Crippen molar-refractivity contribution in [1.82, 2.24) is 19.7 Å². The van der Waals surface area contributed by atoms with E-state index in [9.17, 15) is 12.8 Å². The Hall–Kier alpha value is -3.50. The molecule has 2 N–H and O–H groups in total. The molecular formula is C20H16ClFN6O2S. The van der Waals surface area contributed by atoms with Gasteiger partial charge in [0.25, 0.3) is 10.0 Å². The lowest BCUT2D eigenvalue weighted by Crippen LogP contribution is -2.13. The normalized spacial score (nSPS) is 11.3. The van der Waals surface area contributed by atoms with Gasteiger partial charge in [-0.3, -0.25) is 4.72 Å². The second kappa shape index (κ2) is 8.32. The van der Waals surface area contributed by atoms with E-state index in [-0.39, 0.29) is 9.92 Å². The van der Waals surface area contributed by atoms with Crippen LogP contribution in [0.25, 0.3) is 5.82 Å². The van der Waals surface area contributed by atoms with Crippen molar-refractivity contribution < 1.29 is 12.8 Å². The molecule has 4 aromatic rings. The molecular weight excluding hydrogens is 443 g/mol. The standard InChI is InChI=1S/C20H16ClFN6O2S/c1-13-24-19(12-20(25-13)28-10-2-9-23-28)26-14-3-5-15(6-4-14)27-31(29,30)16-7-8-18(22)17(21)11-16/h2-12,27H,1H3,(H,24,25,26). The van der Waals surface area contributed by atoms with E-state index in [0.29, 0.717) is 28.8 Å². The van der Waals surface area contributed by atoms with E-state index in [0.717, 1.165) is 18.2 Å². The summed E-state index contributed by atoms with van der Waals surface area (Å²) in [5, 5.41) is 7.05. The molecule has 0 bridgehead atoms. The molecule has 0 atom stereocenters. The number of aryl methyl sites for hydroxylation is 1. The zero-order valence-corrected chi connectivity index (χ0v) is 17.7. The smallest absolute Gasteiger partial charge is 0.261 e. The highest BCUT2D eigenvalue weighted by molar-refractivity contribution is 7.92. The zero-order chi connectivity index (χ0) is 22.0. The van der Waals surface area contributed by atoms with Crippen LogP contribution in [0.1, 0.15) is 5.82 Å². The number of sulfonamides is 1. The van der Waals surface area contributed by atoms with E-state index < -0.39 is 15.8 Å². The van der Waals surface area contributed by atoms with Crippen LogP contribution in [0.2, 0.25) is 5.02 Å². The Morgan fingerprint density at radius 2 is 1.77 bits per heavy atom. The van der Waals surface area contributed by atoms with E-state index in [4.69, 9.17) is 11.6 Å². The SMILES string of the molecule is Cc1nc(Nc2ccc(NS(=O)(=O)c3ccc(F)c(Cl)c3)cc2)cc(-n2cccn2)n1. The predicted molar refractivity (Wildman–Crippen MR) is 116 cm³/mol. The number of benzene rings is 2. The number of aromatic nitrogens is 4. The number of hydrogen-bond donors (Lipinski definition) is 2. The van der Waals surface area contributed by atoms with E-state index in [1.165, 1.54) is 0 Å². The number of halogens is 2. The van der Waals surface area contributed by atoms with Gasteiger partial charge in [0.15, 0.2) is 5.82 Å². The summed E-state index contributed by atoms with van der Waals surface area (Å²) in [6.45, 7) is 1.78. The maximum absolute atomic E-state index is 13.3. The van der Waals surface area contributed by atoms with Crippen molar-refractivity contribution in [1.29, 1.82) is 0 Å². The second-order valence-corrected chi connectivity index (χ2v) is 8.58. The molecule has 4 rings (SSSR count). The highest BCUT2D eigenvalue weighted by Gasteiger charge is 2.16. The highest BCUT2D eigenvalue weighted by atomic mass is 35.5. The average molecular weight is 459 g/mol. The fraction of sp³-hybridized carbons (Fsp3) is 0.0500. The molecule has 2 aromatic carbocycles. The Labute approximate surface area is 182 Å². The third-order valence-corrected chi connectivity index (χ3v) is 5.84. The number of hydrogen-bond acceptors (Lipinski definition) is 6. The van der Waals surface area contributed by atoms with Gasteiger partial charge < -0.3 is 5.32 Å². The molecule has 11 heteroatoms. The molecule has 0 saturated heterocycles. The van der Waals surface area contributed by atoms with Crippen molar-refractivity contribution in [2.75, 3.05) is 10.0 Å². The van der Waals surface area contributed by atoms with Crippen molar-refractivity contribution in [3.8, 4) is 5.82 Å². The minimum Gasteiger partial charge on any atom is -0.340 e. The van der Waals surface area contributed by atoms with E-state index in [1.807, 2.05) is 0 Å². The molecule has 0 aliphatic rings. The minimum absolute atomic E-state index is 0.135. The van der Waals surface area contributed by atoms with E-state index in [1.54, 1.807) is 60.4 Å². The van der Waals surface area contributed by atoms with Gasteiger partial charge in [0, 0.05) is 29.8 Å². The Morgan fingerprint density at radius 3 is 2.45 bits per heavy atom. The monoisotopic (exact) mass is 458 g/mol. The summed E-state index contributed by atoms with van der Waals surface area (Å²) in [6, 6.07) is 13.3. The Balaban J connectivity index is 1.50. The highest BCUT2D eigenvalue weighted by Crippen LogP contribution is 2.23. The van der Waals surface area contributed by atoms with Crippen molar-refractivity contribution in [3.63, 3.8) is 0 Å². The first-order valence-corrected chi connectivity index (χ1v) is 10.9. The van der Waals surface area contributed by atoms with Crippen LogP contribution in [0, 0.1) is 12.7 Å². The largest absolute Gasteiger partial charge is 0.340 e. The first-order valence-electron chi connectivity index (χ1n) is 9.01. The van der Waals surface area contributed by atoms with Crippen LogP contribution < -0.4 is 10.0 Å². The summed E-state index contributed by atoms with van der Waals surface area (Å²) >= 11 is 5.68. The minimum atomic E-state index is -3.91. The molecule has 0 saturated carbocycles. The number of rotatable bonds is 6. The second-order valence-electron chi connectivity index (χ2n) is 6.49. The maximum atomic E-state index is 13.3. The molecule has 0 unspecified atom stereocenters. The fourth-order valence-corrected chi connectivity index (χ4v) is 4.09. The summed E-state index contributed by atoms with van der Waals surface area (Å²) in [7, 11) is -3.91. The van der Waals surface area contributed by atoms with Crippen LogP contribution in [0.4, 0.5) is 21.6 Å². The number of nitrogens with zero attached hydrogens (tertiary/aromatic N) is 4. The molecule has 0 spiro atoms. The maximum Gasteiger partial charge on any atom is 0.261 e. The summed E-state index contributed by atoms with van der Waals surface area (Å²) < 4.78 is 42.3. The average Bonchev–Trinajstić information content (AvgIpc) is 3.26. The van der Waals surface area contributed by atoms with E-state index >= 15 is 0 Å². The third kappa shape index (κ3) is 4.81. The molecule has 0 radical (unpaired) electrons. The van der Waals surface area contributed by atoms with Gasteiger partial charge in [0.05, 0.1) is 9.92 Å². The Morgan fingerprint density at radius 1 is 1.03 bits per heavy atom. The third-order valence-electron chi connectivity index (χ3n) is 4.17. The van der Waals surface area contributed by atoms with Gasteiger partial charge in [-0.2, -0.15) is 5.10 Å². The molecule has 0 aliphatic carbocycles. The molecule has 2 aromatic heterocycles. The first-order chi connectivity index (χ1) is 14.8.